The zero-order chi connectivity index (χ0) is 30.8. The van der Waals surface area contributed by atoms with Gasteiger partial charge in [-0.1, -0.05) is 35.9 Å². The maximum absolute atomic E-state index is 12.5. The summed E-state index contributed by atoms with van der Waals surface area (Å²) in [7, 11) is -1.89. The zero-order valence-electron chi connectivity index (χ0n) is 25.3. The van der Waals surface area contributed by atoms with Crippen LogP contribution in [0.3, 0.4) is 0 Å². The van der Waals surface area contributed by atoms with Crippen LogP contribution in [0.4, 0.5) is 29.0 Å². The molecule has 0 saturated carbocycles. The Hall–Kier alpha value is -4.55. The van der Waals surface area contributed by atoms with E-state index in [4.69, 9.17) is 9.17 Å². The van der Waals surface area contributed by atoms with Gasteiger partial charge in [0.1, 0.15) is 5.82 Å². The molecule has 11 nitrogen and oxygen atoms in total. The van der Waals surface area contributed by atoms with E-state index in [2.05, 4.69) is 56.6 Å². The van der Waals surface area contributed by atoms with E-state index in [0.717, 1.165) is 65.2 Å². The Morgan fingerprint density at radius 2 is 1.64 bits per heavy atom. The number of pyridine rings is 1. The number of aryl methyl sites for hydroxylation is 4. The number of nitrogens with one attached hydrogen (secondary N) is 2. The fraction of sp³-hybridized carbons (Fsp3) is 0.312. The summed E-state index contributed by atoms with van der Waals surface area (Å²) in [5, 5.41) is 12.2. The third-order valence-electron chi connectivity index (χ3n) is 8.02. The van der Waals surface area contributed by atoms with Gasteiger partial charge in [-0.15, -0.1) is 0 Å². The topological polar surface area (TPSA) is 127 Å². The van der Waals surface area contributed by atoms with Crippen molar-refractivity contribution in [1.29, 1.82) is 0 Å². The van der Waals surface area contributed by atoms with Crippen molar-refractivity contribution in [3.05, 3.63) is 83.7 Å². The smallest absolute Gasteiger partial charge is 0.296 e. The molecule has 0 spiro atoms. The van der Waals surface area contributed by atoms with Crippen molar-refractivity contribution in [3.63, 3.8) is 0 Å². The van der Waals surface area contributed by atoms with Gasteiger partial charge in [0.2, 0.25) is 5.95 Å². The van der Waals surface area contributed by atoms with Crippen LogP contribution in [-0.2, 0) is 21.3 Å². The first kappa shape index (κ1) is 29.5. The fourth-order valence-corrected chi connectivity index (χ4v) is 6.36. The van der Waals surface area contributed by atoms with E-state index < -0.39 is 10.1 Å². The number of rotatable bonds is 9. The number of fused-ring (bicyclic) bond motifs is 1. The Kier molecular flexibility index (Phi) is 8.19. The quantitative estimate of drug-likeness (QED) is 0.197. The second kappa shape index (κ2) is 12.2. The van der Waals surface area contributed by atoms with Crippen LogP contribution in [0, 0.1) is 26.7 Å². The molecule has 44 heavy (non-hydrogen) atoms. The van der Waals surface area contributed by atoms with Crippen LogP contribution in [-0.4, -0.2) is 52.8 Å². The van der Waals surface area contributed by atoms with Gasteiger partial charge < -0.3 is 15.5 Å². The van der Waals surface area contributed by atoms with Crippen LogP contribution in [0.5, 0.6) is 0 Å². The predicted molar refractivity (Wildman–Crippen MR) is 172 cm³/mol. The molecule has 1 aliphatic rings. The van der Waals surface area contributed by atoms with Crippen LogP contribution in [0.15, 0.2) is 71.9 Å². The summed E-state index contributed by atoms with van der Waals surface area (Å²) in [6.07, 6.45) is 5.19. The maximum atomic E-state index is 12.5. The van der Waals surface area contributed by atoms with Crippen LogP contribution in [0.25, 0.3) is 11.0 Å². The normalized spacial score (nSPS) is 14.2. The SMILES string of the molecule is Cc1ccc(S(=O)(=O)OCC2CCN(c3ccc(Nc4ncc5c(Nc6c(C)cccc6C)nn(C)c5n4)cn3)CC2)cc1. The molecule has 0 aliphatic carbocycles. The molecular formula is C32H36N8O3S. The molecule has 0 unspecified atom stereocenters. The minimum Gasteiger partial charge on any atom is -0.357 e. The van der Waals surface area contributed by atoms with Gasteiger partial charge >= 0.3 is 0 Å². The Morgan fingerprint density at radius 3 is 2.32 bits per heavy atom. The van der Waals surface area contributed by atoms with Crippen LogP contribution >= 0.6 is 0 Å². The number of para-hydroxylation sites is 1. The summed E-state index contributed by atoms with van der Waals surface area (Å²) in [6, 6.07) is 16.8. The van der Waals surface area contributed by atoms with Gasteiger partial charge in [0.05, 0.1) is 28.8 Å². The predicted octanol–water partition coefficient (Wildman–Crippen LogP) is 5.79. The molecule has 1 saturated heterocycles. The minimum absolute atomic E-state index is 0.169. The summed E-state index contributed by atoms with van der Waals surface area (Å²) in [5.41, 5.74) is 5.80. The molecule has 0 radical (unpaired) electrons. The molecule has 0 atom stereocenters. The highest BCUT2D eigenvalue weighted by atomic mass is 32.2. The lowest BCUT2D eigenvalue weighted by atomic mass is 9.98. The summed E-state index contributed by atoms with van der Waals surface area (Å²) in [4.78, 5) is 16.3. The minimum atomic E-state index is -3.75. The molecule has 4 heterocycles. The summed E-state index contributed by atoms with van der Waals surface area (Å²) >= 11 is 0. The first-order chi connectivity index (χ1) is 21.2. The lowest BCUT2D eigenvalue weighted by Gasteiger charge is -2.32. The van der Waals surface area contributed by atoms with Gasteiger partial charge in [0.15, 0.2) is 11.5 Å². The highest BCUT2D eigenvalue weighted by Crippen LogP contribution is 2.29. The number of anilines is 5. The van der Waals surface area contributed by atoms with Crippen molar-refractivity contribution in [1.82, 2.24) is 24.7 Å². The lowest BCUT2D eigenvalue weighted by Crippen LogP contribution is -2.35. The lowest BCUT2D eigenvalue weighted by molar-refractivity contribution is 0.228. The summed E-state index contributed by atoms with van der Waals surface area (Å²) in [6.45, 7) is 7.79. The van der Waals surface area contributed by atoms with Gasteiger partial charge in [-0.3, -0.25) is 4.18 Å². The van der Waals surface area contributed by atoms with Gasteiger partial charge in [-0.25, -0.2) is 14.6 Å². The largest absolute Gasteiger partial charge is 0.357 e. The molecule has 228 valence electrons. The molecule has 6 rings (SSSR count). The van der Waals surface area contributed by atoms with E-state index in [9.17, 15) is 8.42 Å². The summed E-state index contributed by atoms with van der Waals surface area (Å²) < 4.78 is 32.2. The fourth-order valence-electron chi connectivity index (χ4n) is 5.38. The number of benzene rings is 2. The van der Waals surface area contributed by atoms with Crippen molar-refractivity contribution in [3.8, 4) is 0 Å². The number of hydrogen-bond donors (Lipinski definition) is 2. The van der Waals surface area contributed by atoms with Crippen molar-refractivity contribution in [2.45, 2.75) is 38.5 Å². The molecule has 2 aromatic carbocycles. The first-order valence-corrected chi connectivity index (χ1v) is 16.0. The number of nitrogens with zero attached hydrogens (tertiary/aromatic N) is 6. The molecular weight excluding hydrogens is 576 g/mol. The summed E-state index contributed by atoms with van der Waals surface area (Å²) in [5.74, 6) is 2.20. The highest BCUT2D eigenvalue weighted by Gasteiger charge is 2.24. The number of piperidine rings is 1. The van der Waals surface area contributed by atoms with Gasteiger partial charge in [0.25, 0.3) is 10.1 Å². The van der Waals surface area contributed by atoms with E-state index in [1.807, 2.05) is 32.2 Å². The third kappa shape index (κ3) is 6.36. The molecule has 0 amide bonds. The Morgan fingerprint density at radius 1 is 0.909 bits per heavy atom. The van der Waals surface area contributed by atoms with Crippen molar-refractivity contribution < 1.29 is 12.6 Å². The molecule has 5 aromatic rings. The van der Waals surface area contributed by atoms with E-state index in [1.165, 1.54) is 0 Å². The van der Waals surface area contributed by atoms with Crippen molar-refractivity contribution in [2.24, 2.45) is 13.0 Å². The van der Waals surface area contributed by atoms with Gasteiger partial charge in [0, 0.05) is 32.0 Å². The van der Waals surface area contributed by atoms with E-state index in [1.54, 1.807) is 41.3 Å². The van der Waals surface area contributed by atoms with Crippen molar-refractivity contribution in [2.75, 3.05) is 35.2 Å². The Labute approximate surface area is 257 Å². The average Bonchev–Trinajstić information content (AvgIpc) is 3.33. The number of aromatic nitrogens is 5. The number of hydrogen-bond acceptors (Lipinski definition) is 10. The van der Waals surface area contributed by atoms with Crippen LogP contribution in [0.2, 0.25) is 0 Å². The van der Waals surface area contributed by atoms with E-state index >= 15 is 0 Å². The van der Waals surface area contributed by atoms with E-state index in [0.29, 0.717) is 17.4 Å². The third-order valence-corrected chi connectivity index (χ3v) is 9.31. The van der Waals surface area contributed by atoms with Gasteiger partial charge in [-0.05, 0) is 74.9 Å². The molecule has 0 bridgehead atoms. The second-order valence-corrected chi connectivity index (χ2v) is 12.9. The highest BCUT2D eigenvalue weighted by molar-refractivity contribution is 7.86. The monoisotopic (exact) mass is 612 g/mol. The van der Waals surface area contributed by atoms with Crippen LogP contribution in [0.1, 0.15) is 29.5 Å². The Balaban J connectivity index is 1.05. The maximum Gasteiger partial charge on any atom is 0.296 e. The molecule has 12 heteroatoms. The second-order valence-electron chi connectivity index (χ2n) is 11.3. The van der Waals surface area contributed by atoms with Crippen LogP contribution < -0.4 is 15.5 Å². The molecule has 1 fully saturated rings. The molecule has 1 aliphatic heterocycles. The molecule has 3 aromatic heterocycles. The van der Waals surface area contributed by atoms with Gasteiger partial charge in [-0.2, -0.15) is 18.5 Å². The first-order valence-electron chi connectivity index (χ1n) is 14.6. The standard InChI is InChI=1S/C32H36N8O3S/c1-21-8-11-26(12-9-21)44(41,42)43-20-24-14-16-40(17-15-24)28-13-10-25(18-33-28)35-32-34-19-27-30(38-39(4)31(27)37-32)36-29-22(2)6-5-7-23(29)3/h5-13,18-19,24H,14-17,20H2,1-4H3,(H,36,38)(H,34,35,37). The Bertz CT molecular complexity index is 1860. The molecule has 2 N–H and O–H groups in total. The average molecular weight is 613 g/mol. The van der Waals surface area contributed by atoms with Crippen molar-refractivity contribution >= 4 is 50.1 Å². The van der Waals surface area contributed by atoms with E-state index in [-0.39, 0.29) is 17.4 Å². The zero-order valence-corrected chi connectivity index (χ0v) is 26.1.